The first-order valence-electron chi connectivity index (χ1n) is 19.2. The van der Waals surface area contributed by atoms with E-state index in [2.05, 4.69) is 205 Å². The summed E-state index contributed by atoms with van der Waals surface area (Å²) in [6.07, 6.45) is 0. The summed E-state index contributed by atoms with van der Waals surface area (Å²) in [5, 5.41) is 9.81. The van der Waals surface area contributed by atoms with Crippen molar-refractivity contribution in [3.8, 4) is 33.4 Å². The molecule has 11 rings (SSSR count). The number of anilines is 3. The quantitative estimate of drug-likeness (QED) is 0.160. The van der Waals surface area contributed by atoms with Gasteiger partial charge in [-0.05, 0) is 120 Å². The average Bonchev–Trinajstić information content (AvgIpc) is 3.65. The summed E-state index contributed by atoms with van der Waals surface area (Å²) in [6, 6.07) is 76.6. The van der Waals surface area contributed by atoms with Crippen molar-refractivity contribution in [1.29, 1.82) is 0 Å². The van der Waals surface area contributed by atoms with E-state index in [0.29, 0.717) is 0 Å². The summed E-state index contributed by atoms with van der Waals surface area (Å²) in [7, 11) is 0. The summed E-state index contributed by atoms with van der Waals surface area (Å²) in [5.41, 5.74) is 12.2. The molecule has 262 valence electrons. The van der Waals surface area contributed by atoms with Crippen molar-refractivity contribution in [2.24, 2.45) is 0 Å². The van der Waals surface area contributed by atoms with Gasteiger partial charge in [0.25, 0.3) is 0 Å². The Balaban J connectivity index is 1.05. The molecule has 0 aliphatic heterocycles. The van der Waals surface area contributed by atoms with Crippen molar-refractivity contribution >= 4 is 71.3 Å². The maximum Gasteiger partial charge on any atom is 0.135 e. The standard InChI is InChI=1S/C54H35NO/c1-3-18-45-36(11-1)13-9-21-48(45)41-15-8-17-44(34-41)55(43-16-7-14-39(33-43)40-28-32-54-52(35-40)51-20-5-6-24-53(51)56-54)42-29-25-38(26-30-42)47-22-10-23-49-46-19-4-2-12-37(46)27-31-50(47)49/h1-35H. The lowest BCUT2D eigenvalue weighted by atomic mass is 9.94. The van der Waals surface area contributed by atoms with Gasteiger partial charge in [-0.2, -0.15) is 0 Å². The Bertz CT molecular complexity index is 3260. The van der Waals surface area contributed by atoms with Gasteiger partial charge in [-0.25, -0.2) is 0 Å². The van der Waals surface area contributed by atoms with Gasteiger partial charge in [0, 0.05) is 27.8 Å². The van der Waals surface area contributed by atoms with Crippen LogP contribution in [0.15, 0.2) is 217 Å². The summed E-state index contributed by atoms with van der Waals surface area (Å²) < 4.78 is 6.17. The summed E-state index contributed by atoms with van der Waals surface area (Å²) in [6.45, 7) is 0. The third-order valence-corrected chi connectivity index (χ3v) is 11.2. The maximum atomic E-state index is 6.17. The molecular weight excluding hydrogens is 679 g/mol. The van der Waals surface area contributed by atoms with Crippen molar-refractivity contribution in [1.82, 2.24) is 0 Å². The van der Waals surface area contributed by atoms with Gasteiger partial charge in [-0.1, -0.05) is 158 Å². The Morgan fingerprint density at radius 1 is 0.268 bits per heavy atom. The first-order valence-corrected chi connectivity index (χ1v) is 19.2. The molecule has 10 aromatic carbocycles. The van der Waals surface area contributed by atoms with Crippen LogP contribution in [0.5, 0.6) is 0 Å². The smallest absolute Gasteiger partial charge is 0.135 e. The average molecular weight is 714 g/mol. The zero-order valence-electron chi connectivity index (χ0n) is 30.6. The molecule has 0 atom stereocenters. The lowest BCUT2D eigenvalue weighted by Gasteiger charge is -2.27. The highest BCUT2D eigenvalue weighted by Gasteiger charge is 2.17. The van der Waals surface area contributed by atoms with E-state index < -0.39 is 0 Å². The van der Waals surface area contributed by atoms with Crippen LogP contribution in [0.25, 0.3) is 87.6 Å². The van der Waals surface area contributed by atoms with Crippen molar-refractivity contribution in [2.45, 2.75) is 0 Å². The van der Waals surface area contributed by atoms with Gasteiger partial charge < -0.3 is 9.32 Å². The normalized spacial score (nSPS) is 11.6. The molecule has 0 spiro atoms. The van der Waals surface area contributed by atoms with E-state index in [-0.39, 0.29) is 0 Å². The molecule has 1 heterocycles. The predicted octanol–water partition coefficient (Wildman–Crippen LogP) is 15.5. The fourth-order valence-corrected chi connectivity index (χ4v) is 8.55. The van der Waals surface area contributed by atoms with Crippen LogP contribution in [0.4, 0.5) is 17.1 Å². The van der Waals surface area contributed by atoms with Crippen molar-refractivity contribution in [3.05, 3.63) is 212 Å². The molecule has 0 aliphatic rings. The second-order valence-electron chi connectivity index (χ2n) is 14.5. The molecule has 1 aromatic heterocycles. The minimum atomic E-state index is 0.900. The van der Waals surface area contributed by atoms with Crippen molar-refractivity contribution in [2.75, 3.05) is 4.90 Å². The van der Waals surface area contributed by atoms with E-state index in [9.17, 15) is 0 Å². The molecule has 0 aliphatic carbocycles. The fraction of sp³-hybridized carbons (Fsp3) is 0. The van der Waals surface area contributed by atoms with Crippen LogP contribution < -0.4 is 4.90 Å². The summed E-state index contributed by atoms with van der Waals surface area (Å²) in [5.74, 6) is 0. The lowest BCUT2D eigenvalue weighted by molar-refractivity contribution is 0.669. The molecule has 56 heavy (non-hydrogen) atoms. The lowest BCUT2D eigenvalue weighted by Crippen LogP contribution is -2.10. The molecule has 0 amide bonds. The number of para-hydroxylation sites is 1. The Morgan fingerprint density at radius 3 is 1.64 bits per heavy atom. The second-order valence-corrected chi connectivity index (χ2v) is 14.5. The van der Waals surface area contributed by atoms with E-state index in [1.807, 2.05) is 12.1 Å². The minimum absolute atomic E-state index is 0.900. The molecule has 11 aromatic rings. The third-order valence-electron chi connectivity index (χ3n) is 11.2. The molecule has 0 N–H and O–H groups in total. The van der Waals surface area contributed by atoms with Gasteiger partial charge in [0.1, 0.15) is 11.2 Å². The number of rotatable bonds is 6. The van der Waals surface area contributed by atoms with Gasteiger partial charge in [0.15, 0.2) is 0 Å². The zero-order valence-corrected chi connectivity index (χ0v) is 30.6. The van der Waals surface area contributed by atoms with Crippen molar-refractivity contribution in [3.63, 3.8) is 0 Å². The van der Waals surface area contributed by atoms with E-state index in [1.54, 1.807) is 0 Å². The van der Waals surface area contributed by atoms with Gasteiger partial charge in [-0.15, -0.1) is 0 Å². The van der Waals surface area contributed by atoms with Gasteiger partial charge in [-0.3, -0.25) is 0 Å². The fourth-order valence-electron chi connectivity index (χ4n) is 8.55. The largest absolute Gasteiger partial charge is 0.456 e. The molecule has 0 bridgehead atoms. The topological polar surface area (TPSA) is 16.4 Å². The zero-order chi connectivity index (χ0) is 37.0. The number of hydrogen-bond acceptors (Lipinski definition) is 2. The number of benzene rings is 10. The maximum absolute atomic E-state index is 6.17. The predicted molar refractivity (Wildman–Crippen MR) is 237 cm³/mol. The SMILES string of the molecule is c1cc(-c2ccc3oc4ccccc4c3c2)cc(N(c2ccc(-c3cccc4c3ccc3ccccc34)cc2)c2cccc(-c3cccc4ccccc34)c2)c1. The molecule has 2 nitrogen and oxygen atoms in total. The van der Waals surface area contributed by atoms with Gasteiger partial charge in [0.05, 0.1) is 0 Å². The van der Waals surface area contributed by atoms with Crippen LogP contribution in [0.2, 0.25) is 0 Å². The highest BCUT2D eigenvalue weighted by atomic mass is 16.3. The Labute approximate surface area is 325 Å². The number of nitrogens with zero attached hydrogens (tertiary/aromatic N) is 1. The number of fused-ring (bicyclic) bond motifs is 7. The first kappa shape index (κ1) is 32.0. The van der Waals surface area contributed by atoms with Crippen molar-refractivity contribution < 1.29 is 4.42 Å². The van der Waals surface area contributed by atoms with E-state index in [4.69, 9.17) is 4.42 Å². The van der Waals surface area contributed by atoms with Crippen LogP contribution in [0.3, 0.4) is 0 Å². The molecule has 2 heteroatoms. The summed E-state index contributed by atoms with van der Waals surface area (Å²) >= 11 is 0. The molecule has 0 unspecified atom stereocenters. The van der Waals surface area contributed by atoms with Gasteiger partial charge in [0.2, 0.25) is 0 Å². The second kappa shape index (κ2) is 13.2. The Kier molecular flexibility index (Phi) is 7.53. The summed E-state index contributed by atoms with van der Waals surface area (Å²) in [4.78, 5) is 2.38. The highest BCUT2D eigenvalue weighted by molar-refractivity contribution is 6.12. The molecular formula is C54H35NO. The minimum Gasteiger partial charge on any atom is -0.456 e. The van der Waals surface area contributed by atoms with Crippen LogP contribution in [-0.2, 0) is 0 Å². The Morgan fingerprint density at radius 2 is 0.821 bits per heavy atom. The van der Waals surface area contributed by atoms with Gasteiger partial charge >= 0.3 is 0 Å². The molecule has 0 saturated heterocycles. The first-order chi connectivity index (χ1) is 27.7. The molecule has 0 radical (unpaired) electrons. The highest BCUT2D eigenvalue weighted by Crippen LogP contribution is 2.41. The Hall–Kier alpha value is -7.42. The van der Waals surface area contributed by atoms with E-state index >= 15 is 0 Å². The molecule has 0 fully saturated rings. The number of hydrogen-bond donors (Lipinski definition) is 0. The van der Waals surface area contributed by atoms with Crippen LogP contribution in [0, 0.1) is 0 Å². The van der Waals surface area contributed by atoms with E-state index in [1.165, 1.54) is 54.6 Å². The van der Waals surface area contributed by atoms with Crippen LogP contribution in [-0.4, -0.2) is 0 Å². The van der Waals surface area contributed by atoms with Crippen LogP contribution >= 0.6 is 0 Å². The van der Waals surface area contributed by atoms with E-state index in [0.717, 1.165) is 50.1 Å². The van der Waals surface area contributed by atoms with Crippen LogP contribution in [0.1, 0.15) is 0 Å². The monoisotopic (exact) mass is 713 g/mol. The molecule has 0 saturated carbocycles. The third kappa shape index (κ3) is 5.42. The number of furan rings is 1.